The number of hydrogen-bond donors (Lipinski definition) is 2. The van der Waals surface area contributed by atoms with Gasteiger partial charge in [0, 0.05) is 21.4 Å². The maximum atomic E-state index is 13.2. The molecular formula is C48H56Cl2F2O10S. The molecule has 0 atom stereocenters. The number of aliphatic hydroxyl groups is 1. The van der Waals surface area contributed by atoms with Crippen LogP contribution in [0.4, 0.5) is 8.78 Å². The van der Waals surface area contributed by atoms with E-state index in [1.165, 1.54) is 24.3 Å². The summed E-state index contributed by atoms with van der Waals surface area (Å²) in [6, 6.07) is 23.8. The molecule has 2 fully saturated rings. The van der Waals surface area contributed by atoms with E-state index in [4.69, 9.17) is 23.5 Å². The van der Waals surface area contributed by atoms with Crippen LogP contribution in [0.15, 0.2) is 84.9 Å². The number of aryl methyl sites for hydroxylation is 2. The topological polar surface area (TPSA) is 154 Å². The number of halogens is 4. The second-order valence-corrected chi connectivity index (χ2v) is 17.8. The molecule has 4 aromatic carbocycles. The zero-order valence-corrected chi connectivity index (χ0v) is 38.4. The minimum absolute atomic E-state index is 0.000861. The molecule has 0 unspecified atom stereocenters. The van der Waals surface area contributed by atoms with Crippen molar-refractivity contribution in [2.75, 3.05) is 13.2 Å². The van der Waals surface area contributed by atoms with E-state index in [-0.39, 0.29) is 31.1 Å². The quantitative estimate of drug-likeness (QED) is 0.0844. The van der Waals surface area contributed by atoms with Crippen molar-refractivity contribution in [3.05, 3.63) is 119 Å². The fraction of sp³-hybridized carbons (Fsp3) is 0.417. The molecule has 0 heterocycles. The van der Waals surface area contributed by atoms with Crippen LogP contribution in [-0.4, -0.2) is 62.7 Å². The van der Waals surface area contributed by atoms with Gasteiger partial charge in [0.2, 0.25) is 14.8 Å². The van der Waals surface area contributed by atoms with Gasteiger partial charge in [-0.1, -0.05) is 73.5 Å². The summed E-state index contributed by atoms with van der Waals surface area (Å²) in [5.41, 5.74) is 4.73. The van der Waals surface area contributed by atoms with Crippen LogP contribution in [-0.2, 0) is 55.5 Å². The zero-order chi connectivity index (χ0) is 46.6. The highest BCUT2D eigenvalue weighted by molar-refractivity contribution is 8.26. The highest BCUT2D eigenvalue weighted by Crippen LogP contribution is 2.34. The average molecular weight is 934 g/mol. The fourth-order valence-corrected chi connectivity index (χ4v) is 7.28. The van der Waals surface area contributed by atoms with Gasteiger partial charge in [-0.15, -0.1) is 0 Å². The van der Waals surface area contributed by atoms with Gasteiger partial charge in [-0.05, 0) is 148 Å². The van der Waals surface area contributed by atoms with Crippen molar-refractivity contribution in [3.8, 4) is 22.3 Å². The Labute approximate surface area is 379 Å². The van der Waals surface area contributed by atoms with Crippen LogP contribution in [0.2, 0.25) is 0 Å². The van der Waals surface area contributed by atoms with Crippen LogP contribution in [0.3, 0.4) is 0 Å². The van der Waals surface area contributed by atoms with Crippen LogP contribution in [0.5, 0.6) is 0 Å². The summed E-state index contributed by atoms with van der Waals surface area (Å²) in [4.78, 5) is 47.3. The lowest BCUT2D eigenvalue weighted by molar-refractivity contribution is -0.186. The van der Waals surface area contributed by atoms with Crippen LogP contribution in [0.1, 0.15) is 100 Å². The predicted molar refractivity (Wildman–Crippen MR) is 241 cm³/mol. The number of aliphatic carboxylic acids is 1. The van der Waals surface area contributed by atoms with Gasteiger partial charge in [0.15, 0.2) is 5.60 Å². The number of hydrogen-bond acceptors (Lipinski definition) is 9. The van der Waals surface area contributed by atoms with Gasteiger partial charge in [-0.2, -0.15) is 0 Å². The Hall–Kier alpha value is -4.69. The Kier molecular flexibility index (Phi) is 21.9. The van der Waals surface area contributed by atoms with Crippen molar-refractivity contribution in [1.82, 2.24) is 0 Å². The maximum Gasteiger partial charge on any atom is 0.350 e. The predicted octanol–water partition coefficient (Wildman–Crippen LogP) is 10.9. The summed E-state index contributed by atoms with van der Waals surface area (Å²) in [6.07, 6.45) is 7.87. The van der Waals surface area contributed by atoms with Crippen LogP contribution < -0.4 is 0 Å². The number of carboxylic acid groups (broad SMARTS) is 1. The van der Waals surface area contributed by atoms with Crippen molar-refractivity contribution in [3.63, 3.8) is 0 Å². The Bertz CT molecular complexity index is 2130. The Morgan fingerprint density at radius 3 is 1.41 bits per heavy atom. The third-order valence-corrected chi connectivity index (χ3v) is 10.7. The number of benzene rings is 4. The first-order chi connectivity index (χ1) is 29.9. The minimum atomic E-state index is -1.67. The van der Waals surface area contributed by atoms with E-state index in [1.54, 1.807) is 38.1 Å². The Morgan fingerprint density at radius 2 is 1.00 bits per heavy atom. The molecule has 0 saturated heterocycles. The first kappa shape index (κ1) is 52.7. The monoisotopic (exact) mass is 932 g/mol. The molecule has 2 aliphatic rings. The summed E-state index contributed by atoms with van der Waals surface area (Å²) in [6.45, 7) is 7.92. The van der Waals surface area contributed by atoms with E-state index in [0.29, 0.717) is 32.3 Å². The van der Waals surface area contributed by atoms with E-state index in [0.717, 1.165) is 83.0 Å². The molecule has 15 heteroatoms. The largest absolute Gasteiger partial charge is 0.481 e. The minimum Gasteiger partial charge on any atom is -0.481 e. The molecule has 0 radical (unpaired) electrons. The number of rotatable bonds is 11. The first-order valence-electron chi connectivity index (χ1n) is 20.9. The first-order valence-corrected chi connectivity index (χ1v) is 23.7. The van der Waals surface area contributed by atoms with Crippen LogP contribution in [0.25, 0.3) is 22.3 Å². The molecule has 4 aromatic rings. The molecule has 2 aliphatic carbocycles. The molecule has 2 saturated carbocycles. The standard InChI is InChI=1S/C24H27FO4.C15H13FO2.C9H16O3.Cl2OS/c1-3-28-23(27)24(13-5-4-6-14-24)29-22(26)16-20-15-19(8-7-17(20)2)18-9-11-21(25)12-10-18;1-10-2-3-12(8-13(10)9-15(17)18)11-4-6-14(16)7-5-11;1-2-12-8(10)9(11)6-4-3-5-7-9;1-4(2)3/h7-12,15H,3-6,13-14,16H2,1-2H3;2-8H,9H2,1H3,(H,17,18);11H,2-7H2,1H3;. The van der Waals surface area contributed by atoms with E-state index in [9.17, 15) is 33.1 Å². The second kappa shape index (κ2) is 26.2. The van der Waals surface area contributed by atoms with E-state index in [1.807, 2.05) is 50.2 Å². The van der Waals surface area contributed by atoms with Gasteiger partial charge >= 0.3 is 23.9 Å². The van der Waals surface area contributed by atoms with Gasteiger partial charge in [-0.25, -0.2) is 22.6 Å². The molecule has 342 valence electrons. The number of carboxylic acids is 1. The molecular weight excluding hydrogens is 877 g/mol. The molecule has 63 heavy (non-hydrogen) atoms. The molecule has 10 nitrogen and oxygen atoms in total. The summed E-state index contributed by atoms with van der Waals surface area (Å²) >= 11 is 0. The molecule has 2 N–H and O–H groups in total. The smallest absolute Gasteiger partial charge is 0.350 e. The number of carbonyl (C=O) groups is 4. The fourth-order valence-electron chi connectivity index (χ4n) is 7.28. The second-order valence-electron chi connectivity index (χ2n) is 15.3. The van der Waals surface area contributed by atoms with Gasteiger partial charge in [0.1, 0.15) is 11.6 Å². The number of ether oxygens (including phenoxy) is 3. The maximum absolute atomic E-state index is 13.2. The summed E-state index contributed by atoms with van der Waals surface area (Å²) in [5, 5.41) is 18.6. The zero-order valence-electron chi connectivity index (χ0n) is 36.1. The Balaban J connectivity index is 0.000000263. The SMILES string of the molecule is CCOC(=O)C1(O)CCCCC1.CCOC(=O)C1(OC(=O)Cc2cc(-c3ccc(F)cc3)ccc2C)CCCCC1.Cc1ccc(-c2ccc(F)cc2)cc1CC(=O)O.O=S(Cl)Cl. The summed E-state index contributed by atoms with van der Waals surface area (Å²) in [7, 11) is 7.36. The van der Waals surface area contributed by atoms with E-state index in [2.05, 4.69) is 21.4 Å². The van der Waals surface area contributed by atoms with Crippen molar-refractivity contribution in [2.24, 2.45) is 0 Å². The molecule has 0 aromatic heterocycles. The third kappa shape index (κ3) is 17.4. The molecule has 0 bridgehead atoms. The van der Waals surface area contributed by atoms with Crippen LogP contribution in [0, 0.1) is 25.5 Å². The molecule has 6 rings (SSSR count). The van der Waals surface area contributed by atoms with Crippen LogP contribution >= 0.6 is 21.4 Å². The van der Waals surface area contributed by atoms with E-state index < -0.39 is 44.3 Å². The third-order valence-electron chi connectivity index (χ3n) is 10.7. The van der Waals surface area contributed by atoms with Gasteiger partial charge < -0.3 is 24.4 Å². The molecule has 0 spiro atoms. The Morgan fingerprint density at radius 1 is 0.619 bits per heavy atom. The van der Waals surface area contributed by atoms with Crippen molar-refractivity contribution in [2.45, 2.75) is 116 Å². The lowest BCUT2D eigenvalue weighted by atomic mass is 9.84. The highest BCUT2D eigenvalue weighted by Gasteiger charge is 2.45. The lowest BCUT2D eigenvalue weighted by Crippen LogP contribution is -2.46. The van der Waals surface area contributed by atoms with Crippen molar-refractivity contribution >= 4 is 54.5 Å². The number of carbonyl (C=O) groups excluding carboxylic acids is 3. The highest BCUT2D eigenvalue weighted by atomic mass is 36.0. The van der Waals surface area contributed by atoms with Gasteiger partial charge in [0.05, 0.1) is 26.1 Å². The van der Waals surface area contributed by atoms with Gasteiger partial charge in [-0.3, -0.25) is 9.59 Å². The normalized spacial score (nSPS) is 14.8. The van der Waals surface area contributed by atoms with E-state index >= 15 is 0 Å². The molecule has 0 amide bonds. The molecule has 0 aliphatic heterocycles. The summed E-state index contributed by atoms with van der Waals surface area (Å²) in [5.74, 6) is -2.73. The van der Waals surface area contributed by atoms with Crippen molar-refractivity contribution < 1.29 is 56.6 Å². The van der Waals surface area contributed by atoms with Gasteiger partial charge in [0.25, 0.3) is 0 Å². The average Bonchev–Trinajstić information content (AvgIpc) is 3.24. The van der Waals surface area contributed by atoms with Crippen molar-refractivity contribution in [1.29, 1.82) is 0 Å². The lowest BCUT2D eigenvalue weighted by Gasteiger charge is -2.34. The summed E-state index contributed by atoms with van der Waals surface area (Å²) < 4.78 is 50.9. The number of esters is 3.